The summed E-state index contributed by atoms with van der Waals surface area (Å²) in [7, 11) is 0. The summed E-state index contributed by atoms with van der Waals surface area (Å²) in [5, 5.41) is 0. The molecular weight excluding hydrogens is 563 g/mol. The van der Waals surface area contributed by atoms with Gasteiger partial charge in [0.1, 0.15) is 5.60 Å². The third-order valence-electron chi connectivity index (χ3n) is 4.95. The van der Waals surface area contributed by atoms with E-state index in [1.807, 2.05) is 0 Å². The molecule has 1 fully saturated rings. The van der Waals surface area contributed by atoms with Crippen LogP contribution in [-0.2, 0) is 14.2 Å². The third-order valence-corrected chi connectivity index (χ3v) is 4.95. The van der Waals surface area contributed by atoms with Crippen molar-refractivity contribution in [3.63, 3.8) is 0 Å². The fourth-order valence-electron chi connectivity index (χ4n) is 2.80. The van der Waals surface area contributed by atoms with Gasteiger partial charge in [-0.1, -0.05) is 20.8 Å². The summed E-state index contributed by atoms with van der Waals surface area (Å²) in [5.41, 5.74) is -8.32. The highest BCUT2D eigenvalue weighted by Crippen LogP contribution is 2.65. The molecule has 0 aromatic rings. The monoisotopic (exact) mass is 578 g/mol. The van der Waals surface area contributed by atoms with Crippen LogP contribution in [0.15, 0.2) is 0 Å². The molecule has 20 heteroatoms. The van der Waals surface area contributed by atoms with E-state index in [4.69, 9.17) is 0 Å². The molecule has 1 aliphatic rings. The first-order chi connectivity index (χ1) is 15.1. The van der Waals surface area contributed by atoms with Crippen molar-refractivity contribution >= 4 is 0 Å². The molecule has 0 saturated carbocycles. The van der Waals surface area contributed by atoms with E-state index < -0.39 is 78.8 Å². The summed E-state index contributed by atoms with van der Waals surface area (Å²) in [6, 6.07) is 0. The minimum atomic E-state index is -7.36. The van der Waals surface area contributed by atoms with Crippen molar-refractivity contribution < 1.29 is 88.8 Å². The first-order valence-corrected chi connectivity index (χ1v) is 8.94. The Bertz CT molecular complexity index is 841. The first kappa shape index (κ1) is 32.7. The summed E-state index contributed by atoms with van der Waals surface area (Å²) in [6.45, 7) is -0.937. The van der Waals surface area contributed by atoms with E-state index in [2.05, 4.69) is 14.2 Å². The van der Waals surface area contributed by atoms with Gasteiger partial charge in [0, 0.05) is 5.41 Å². The van der Waals surface area contributed by atoms with E-state index in [0.29, 0.717) is 0 Å². The van der Waals surface area contributed by atoms with Gasteiger partial charge in [0.05, 0.1) is 0 Å². The van der Waals surface area contributed by atoms with Crippen molar-refractivity contribution in [3.05, 3.63) is 0 Å². The molecule has 1 aliphatic heterocycles. The molecule has 0 radical (unpaired) electrons. The molecule has 0 spiro atoms. The van der Waals surface area contributed by atoms with Crippen LogP contribution in [0.4, 0.5) is 74.6 Å². The highest BCUT2D eigenvalue weighted by atomic mass is 19.4. The van der Waals surface area contributed by atoms with Gasteiger partial charge >= 0.3 is 54.0 Å². The number of hydrogen-bond acceptors (Lipinski definition) is 3. The van der Waals surface area contributed by atoms with Gasteiger partial charge in [0.15, 0.2) is 0 Å². The average molecular weight is 578 g/mol. The summed E-state index contributed by atoms with van der Waals surface area (Å²) in [5.74, 6) is -33.5. The molecule has 0 aromatic carbocycles. The minimum absolute atomic E-state index is 0.181. The van der Waals surface area contributed by atoms with Crippen LogP contribution in [0.1, 0.15) is 34.6 Å². The molecule has 0 aliphatic carbocycles. The quantitative estimate of drug-likeness (QED) is 0.325. The van der Waals surface area contributed by atoms with Crippen LogP contribution in [0.25, 0.3) is 0 Å². The molecule has 4 unspecified atom stereocenters. The lowest BCUT2D eigenvalue weighted by atomic mass is 9.82. The topological polar surface area (TPSA) is 27.7 Å². The zero-order chi connectivity index (χ0) is 29.6. The lowest BCUT2D eigenvalue weighted by Gasteiger charge is -2.56. The van der Waals surface area contributed by atoms with Gasteiger partial charge in [0.2, 0.25) is 0 Å². The van der Waals surface area contributed by atoms with E-state index in [-0.39, 0.29) is 20.8 Å². The van der Waals surface area contributed by atoms with Gasteiger partial charge < -0.3 is 4.74 Å². The maximum absolute atomic E-state index is 15.4. The number of halogens is 17. The maximum Gasteiger partial charge on any atom is 0.458 e. The van der Waals surface area contributed by atoms with Crippen LogP contribution in [0, 0.1) is 5.41 Å². The van der Waals surface area contributed by atoms with E-state index in [1.165, 1.54) is 0 Å². The Morgan fingerprint density at radius 2 is 0.889 bits per heavy atom. The fraction of sp³-hybridized carbons (Fsp3) is 1.00. The zero-order valence-electron chi connectivity index (χ0n) is 18.2. The summed E-state index contributed by atoms with van der Waals surface area (Å²) in [6.07, 6.45) is -28.9. The Hall–Kier alpha value is -1.31. The molecule has 4 atom stereocenters. The predicted octanol–water partition coefficient (Wildman–Crippen LogP) is 7.45. The van der Waals surface area contributed by atoms with Gasteiger partial charge in [-0.15, -0.1) is 0 Å². The molecule has 1 heterocycles. The Kier molecular flexibility index (Phi) is 7.14. The number of rotatable bonds is 4. The predicted molar refractivity (Wildman–Crippen MR) is 80.2 cm³/mol. The van der Waals surface area contributed by atoms with Gasteiger partial charge in [-0.2, -0.15) is 70.2 Å². The number of hydrogen-bond donors (Lipinski definition) is 0. The van der Waals surface area contributed by atoms with Crippen molar-refractivity contribution in [2.45, 2.75) is 94.2 Å². The van der Waals surface area contributed by atoms with Crippen LogP contribution >= 0.6 is 0 Å². The van der Waals surface area contributed by atoms with E-state index >= 15 is 4.39 Å². The van der Waals surface area contributed by atoms with Crippen LogP contribution in [-0.4, -0.2) is 59.6 Å². The molecule has 0 amide bonds. The Morgan fingerprint density at radius 1 is 0.528 bits per heavy atom. The molecule has 36 heavy (non-hydrogen) atoms. The van der Waals surface area contributed by atoms with Crippen LogP contribution in [0.2, 0.25) is 0 Å². The van der Waals surface area contributed by atoms with E-state index in [1.54, 1.807) is 0 Å². The molecule has 0 aromatic heterocycles. The van der Waals surface area contributed by atoms with Crippen LogP contribution in [0.3, 0.4) is 0 Å². The van der Waals surface area contributed by atoms with Crippen molar-refractivity contribution in [3.8, 4) is 0 Å². The largest absolute Gasteiger partial charge is 0.458 e. The molecule has 1 rings (SSSR count). The molecule has 0 bridgehead atoms. The van der Waals surface area contributed by atoms with E-state index in [0.717, 1.165) is 0 Å². The summed E-state index contributed by atoms with van der Waals surface area (Å²) in [4.78, 5) is 0. The zero-order valence-corrected chi connectivity index (χ0v) is 18.2. The van der Waals surface area contributed by atoms with E-state index in [9.17, 15) is 70.2 Å². The Balaban J connectivity index is 4.04. The lowest BCUT2D eigenvalue weighted by Crippen LogP contribution is -2.82. The Morgan fingerprint density at radius 3 is 1.17 bits per heavy atom. The third kappa shape index (κ3) is 4.17. The molecule has 216 valence electrons. The van der Waals surface area contributed by atoms with Gasteiger partial charge in [-0.25, -0.2) is 4.39 Å². The lowest BCUT2D eigenvalue weighted by molar-refractivity contribution is -0.617. The fourth-order valence-corrected chi connectivity index (χ4v) is 2.80. The SMILES string of the molecule is CC(C)(C)C(F)(F)C(F)(OC(C)(C)C1(F)OC(F)(C(F)(F)F)C(F)(F)OC1(F)C(F)(F)F)C(F)(F)F. The molecular formula is C16H15F17O3. The smallest absolute Gasteiger partial charge is 0.322 e. The second-order valence-corrected chi connectivity index (χ2v) is 9.03. The standard InChI is InChI=1S/C16H15F17O3/c1-6(2,3)8(17,18)10(20,13(23,24)25)34-7(4,5)9(19)11(21,14(26,27)28)36-16(32,33)12(22,35-9)15(29,30)31/h1-5H3. The second kappa shape index (κ2) is 7.86. The molecule has 3 nitrogen and oxygen atoms in total. The summed E-state index contributed by atoms with van der Waals surface area (Å²) < 4.78 is 242. The highest BCUT2D eigenvalue weighted by Gasteiger charge is 2.93. The van der Waals surface area contributed by atoms with Gasteiger partial charge in [-0.05, 0) is 13.8 Å². The van der Waals surface area contributed by atoms with Crippen LogP contribution in [0.5, 0.6) is 0 Å². The average Bonchev–Trinajstić information content (AvgIpc) is 2.55. The van der Waals surface area contributed by atoms with Crippen LogP contribution < -0.4 is 0 Å². The maximum atomic E-state index is 15.4. The van der Waals surface area contributed by atoms with Crippen molar-refractivity contribution in [2.75, 3.05) is 0 Å². The molecule has 1 saturated heterocycles. The summed E-state index contributed by atoms with van der Waals surface area (Å²) >= 11 is 0. The first-order valence-electron chi connectivity index (χ1n) is 8.94. The number of ether oxygens (including phenoxy) is 3. The highest BCUT2D eigenvalue weighted by molar-refractivity contribution is 5.12. The number of alkyl halides is 17. The second-order valence-electron chi connectivity index (χ2n) is 9.03. The van der Waals surface area contributed by atoms with Crippen molar-refractivity contribution in [1.29, 1.82) is 0 Å². The van der Waals surface area contributed by atoms with Gasteiger partial charge in [0.25, 0.3) is 0 Å². The van der Waals surface area contributed by atoms with Crippen molar-refractivity contribution in [1.82, 2.24) is 0 Å². The Labute approximate surface area is 189 Å². The molecule has 0 N–H and O–H groups in total. The van der Waals surface area contributed by atoms with Gasteiger partial charge in [-0.3, -0.25) is 9.47 Å². The normalized spacial score (nSPS) is 32.8. The van der Waals surface area contributed by atoms with Crippen molar-refractivity contribution in [2.24, 2.45) is 5.41 Å². The minimum Gasteiger partial charge on any atom is -0.322 e.